The van der Waals surface area contributed by atoms with Gasteiger partial charge < -0.3 is 28.8 Å². The van der Waals surface area contributed by atoms with E-state index in [1.54, 1.807) is 33.5 Å². The van der Waals surface area contributed by atoms with Crippen LogP contribution in [0.1, 0.15) is 22.0 Å². The molecule has 0 saturated carbocycles. The van der Waals surface area contributed by atoms with Crippen molar-refractivity contribution in [3.63, 3.8) is 0 Å². The number of carbonyl (C=O) groups is 1. The standard InChI is InChI=1S/C19H20O7/c1-22-10-17-18(11-4-6-13(23-2)15(8-11)24-3)26-14-7-5-12(19(20)21)9-16(14)25-17/h4-9,17-18H,10H2,1-3H3,(H,20,21). The van der Waals surface area contributed by atoms with E-state index in [1.807, 2.05) is 12.1 Å². The second-order valence-electron chi connectivity index (χ2n) is 5.73. The van der Waals surface area contributed by atoms with E-state index in [2.05, 4.69) is 0 Å². The lowest BCUT2D eigenvalue weighted by Crippen LogP contribution is -2.36. The van der Waals surface area contributed by atoms with Gasteiger partial charge in [-0.25, -0.2) is 4.79 Å². The van der Waals surface area contributed by atoms with Crippen LogP contribution in [0.5, 0.6) is 23.0 Å². The van der Waals surface area contributed by atoms with E-state index < -0.39 is 18.2 Å². The fourth-order valence-corrected chi connectivity index (χ4v) is 2.87. The predicted octanol–water partition coefficient (Wildman–Crippen LogP) is 2.93. The zero-order chi connectivity index (χ0) is 18.7. The molecule has 7 heteroatoms. The Hall–Kier alpha value is -2.93. The fraction of sp³-hybridized carbons (Fsp3) is 0.316. The summed E-state index contributed by atoms with van der Waals surface area (Å²) in [6.45, 7) is 0.274. The van der Waals surface area contributed by atoms with Crippen LogP contribution in [-0.2, 0) is 4.74 Å². The van der Waals surface area contributed by atoms with Crippen molar-refractivity contribution in [2.24, 2.45) is 0 Å². The van der Waals surface area contributed by atoms with Gasteiger partial charge in [-0.3, -0.25) is 0 Å². The number of ether oxygens (including phenoxy) is 5. The zero-order valence-electron chi connectivity index (χ0n) is 14.7. The Kier molecular flexibility index (Phi) is 5.18. The summed E-state index contributed by atoms with van der Waals surface area (Å²) < 4.78 is 27.9. The number of hydrogen-bond donors (Lipinski definition) is 1. The van der Waals surface area contributed by atoms with Gasteiger partial charge in [-0.2, -0.15) is 0 Å². The number of methoxy groups -OCH3 is 3. The summed E-state index contributed by atoms with van der Waals surface area (Å²) >= 11 is 0. The highest BCUT2D eigenvalue weighted by atomic mass is 16.6. The molecule has 0 aromatic heterocycles. The van der Waals surface area contributed by atoms with Gasteiger partial charge in [0.2, 0.25) is 0 Å². The Balaban J connectivity index is 1.97. The molecule has 0 aliphatic carbocycles. The average molecular weight is 360 g/mol. The summed E-state index contributed by atoms with van der Waals surface area (Å²) in [7, 11) is 4.70. The number of hydrogen-bond acceptors (Lipinski definition) is 6. The van der Waals surface area contributed by atoms with E-state index in [9.17, 15) is 4.79 Å². The minimum Gasteiger partial charge on any atom is -0.493 e. The van der Waals surface area contributed by atoms with Crippen LogP contribution in [0.15, 0.2) is 36.4 Å². The molecule has 0 saturated heterocycles. The first-order valence-electron chi connectivity index (χ1n) is 7.99. The van der Waals surface area contributed by atoms with E-state index in [4.69, 9.17) is 28.8 Å². The van der Waals surface area contributed by atoms with Crippen LogP contribution < -0.4 is 18.9 Å². The van der Waals surface area contributed by atoms with Crippen LogP contribution in [0.2, 0.25) is 0 Å². The van der Waals surface area contributed by atoms with Crippen molar-refractivity contribution in [2.75, 3.05) is 27.9 Å². The third-order valence-electron chi connectivity index (χ3n) is 4.13. The molecule has 2 aromatic carbocycles. The molecule has 1 aliphatic rings. The average Bonchev–Trinajstić information content (AvgIpc) is 2.66. The minimum atomic E-state index is -1.03. The molecule has 1 aliphatic heterocycles. The minimum absolute atomic E-state index is 0.132. The summed E-state index contributed by atoms with van der Waals surface area (Å²) in [6, 6.07) is 10.0. The van der Waals surface area contributed by atoms with E-state index in [1.165, 1.54) is 12.1 Å². The Bertz CT molecular complexity index is 802. The largest absolute Gasteiger partial charge is 0.493 e. The van der Waals surface area contributed by atoms with Gasteiger partial charge in [0.05, 0.1) is 26.4 Å². The highest BCUT2D eigenvalue weighted by Gasteiger charge is 2.34. The molecule has 3 rings (SSSR count). The number of carboxylic acids is 1. The predicted molar refractivity (Wildman–Crippen MR) is 92.6 cm³/mol. The van der Waals surface area contributed by atoms with Crippen LogP contribution in [-0.4, -0.2) is 45.1 Å². The van der Waals surface area contributed by atoms with Crippen molar-refractivity contribution >= 4 is 5.97 Å². The van der Waals surface area contributed by atoms with Gasteiger partial charge >= 0.3 is 5.97 Å². The molecule has 0 spiro atoms. The molecule has 0 amide bonds. The van der Waals surface area contributed by atoms with Gasteiger partial charge in [0, 0.05) is 12.7 Å². The third-order valence-corrected chi connectivity index (χ3v) is 4.13. The van der Waals surface area contributed by atoms with Crippen LogP contribution in [0.4, 0.5) is 0 Å². The van der Waals surface area contributed by atoms with Gasteiger partial charge in [0.25, 0.3) is 0 Å². The molecule has 2 unspecified atom stereocenters. The van der Waals surface area contributed by atoms with Crippen molar-refractivity contribution < 1.29 is 33.6 Å². The number of rotatable bonds is 6. The van der Waals surface area contributed by atoms with Crippen LogP contribution in [0, 0.1) is 0 Å². The van der Waals surface area contributed by atoms with Gasteiger partial charge in [0.1, 0.15) is 0 Å². The van der Waals surface area contributed by atoms with Crippen molar-refractivity contribution in [3.8, 4) is 23.0 Å². The lowest BCUT2D eigenvalue weighted by atomic mass is 10.0. The number of carboxylic acid groups (broad SMARTS) is 1. The van der Waals surface area contributed by atoms with Crippen molar-refractivity contribution in [3.05, 3.63) is 47.5 Å². The maximum absolute atomic E-state index is 11.2. The Morgan fingerprint density at radius 1 is 1.00 bits per heavy atom. The smallest absolute Gasteiger partial charge is 0.335 e. The van der Waals surface area contributed by atoms with E-state index >= 15 is 0 Å². The first-order valence-corrected chi connectivity index (χ1v) is 7.99. The van der Waals surface area contributed by atoms with Gasteiger partial charge in [0.15, 0.2) is 35.2 Å². The third kappa shape index (κ3) is 3.39. The molecule has 1 heterocycles. The SMILES string of the molecule is COCC1Oc2cc(C(=O)O)ccc2OC1c1ccc(OC)c(OC)c1. The fourth-order valence-electron chi connectivity index (χ4n) is 2.87. The monoisotopic (exact) mass is 360 g/mol. The van der Waals surface area contributed by atoms with Crippen molar-refractivity contribution in [1.82, 2.24) is 0 Å². The molecule has 1 N–H and O–H groups in total. The highest BCUT2D eigenvalue weighted by Crippen LogP contribution is 2.41. The molecular formula is C19H20O7. The summed E-state index contributed by atoms with van der Waals surface area (Å²) in [5.74, 6) is 1.02. The van der Waals surface area contributed by atoms with E-state index in [0.717, 1.165) is 5.56 Å². The zero-order valence-corrected chi connectivity index (χ0v) is 14.7. The molecule has 0 bridgehead atoms. The van der Waals surface area contributed by atoms with Crippen LogP contribution in [0.3, 0.4) is 0 Å². The highest BCUT2D eigenvalue weighted by molar-refractivity contribution is 5.88. The first kappa shape index (κ1) is 17.9. The number of aromatic carboxylic acids is 1. The summed E-state index contributed by atoms with van der Waals surface area (Å²) in [6.07, 6.45) is -0.896. The molecule has 26 heavy (non-hydrogen) atoms. The Morgan fingerprint density at radius 3 is 2.42 bits per heavy atom. The molecule has 138 valence electrons. The molecule has 2 aromatic rings. The molecule has 2 atom stereocenters. The summed E-state index contributed by atoms with van der Waals surface area (Å²) in [5.41, 5.74) is 0.964. The van der Waals surface area contributed by atoms with Crippen LogP contribution in [0.25, 0.3) is 0 Å². The molecule has 0 fully saturated rings. The summed E-state index contributed by atoms with van der Waals surface area (Å²) in [5, 5.41) is 9.15. The quantitative estimate of drug-likeness (QED) is 0.848. The van der Waals surface area contributed by atoms with Gasteiger partial charge in [-0.1, -0.05) is 6.07 Å². The van der Waals surface area contributed by atoms with E-state index in [0.29, 0.717) is 23.0 Å². The lowest BCUT2D eigenvalue weighted by molar-refractivity contribution is -0.0240. The first-order chi connectivity index (χ1) is 12.6. The second-order valence-corrected chi connectivity index (χ2v) is 5.73. The van der Waals surface area contributed by atoms with E-state index in [-0.39, 0.29) is 12.2 Å². The maximum atomic E-state index is 11.2. The van der Waals surface area contributed by atoms with Crippen LogP contribution >= 0.6 is 0 Å². The normalized spacial score (nSPS) is 18.3. The Morgan fingerprint density at radius 2 is 1.77 bits per heavy atom. The Labute approximate surface area is 151 Å². The van der Waals surface area contributed by atoms with Gasteiger partial charge in [-0.15, -0.1) is 0 Å². The summed E-state index contributed by atoms with van der Waals surface area (Å²) in [4.78, 5) is 11.2. The molecule has 0 radical (unpaired) electrons. The van der Waals surface area contributed by atoms with Gasteiger partial charge in [-0.05, 0) is 30.3 Å². The van der Waals surface area contributed by atoms with Crippen molar-refractivity contribution in [2.45, 2.75) is 12.2 Å². The molecule has 7 nitrogen and oxygen atoms in total. The number of benzene rings is 2. The maximum Gasteiger partial charge on any atom is 0.335 e. The van der Waals surface area contributed by atoms with Crippen molar-refractivity contribution in [1.29, 1.82) is 0 Å². The number of fused-ring (bicyclic) bond motifs is 1. The lowest BCUT2D eigenvalue weighted by Gasteiger charge is -2.34. The topological polar surface area (TPSA) is 83.5 Å². The molecular weight excluding hydrogens is 340 g/mol. The second kappa shape index (κ2) is 7.53.